The highest BCUT2D eigenvalue weighted by Gasteiger charge is 2.28. The Labute approximate surface area is 198 Å². The van der Waals surface area contributed by atoms with Crippen molar-refractivity contribution < 1.29 is 4.74 Å². The van der Waals surface area contributed by atoms with Crippen molar-refractivity contribution in [1.82, 2.24) is 4.90 Å². The summed E-state index contributed by atoms with van der Waals surface area (Å²) in [5.41, 5.74) is 4.93. The zero-order valence-corrected chi connectivity index (χ0v) is 21.2. The van der Waals surface area contributed by atoms with Crippen molar-refractivity contribution in [3.05, 3.63) is 28.8 Å². The summed E-state index contributed by atoms with van der Waals surface area (Å²) in [6.07, 6.45) is 22.6. The van der Waals surface area contributed by atoms with Gasteiger partial charge >= 0.3 is 0 Å². The number of hydrogen-bond acceptors (Lipinski definition) is 2. The molecule has 2 saturated carbocycles. The Hall–Kier alpha value is -1.02. The maximum absolute atomic E-state index is 6.04. The normalized spacial score (nSPS) is 21.6. The molecule has 0 radical (unpaired) electrons. The molecule has 32 heavy (non-hydrogen) atoms. The van der Waals surface area contributed by atoms with Gasteiger partial charge in [-0.15, -0.1) is 0 Å². The molecule has 2 aliphatic carbocycles. The van der Waals surface area contributed by atoms with Crippen LogP contribution in [0.2, 0.25) is 0 Å². The first kappa shape index (κ1) is 24.1. The van der Waals surface area contributed by atoms with Crippen LogP contribution >= 0.6 is 0 Å². The van der Waals surface area contributed by atoms with Crippen molar-refractivity contribution in [3.63, 3.8) is 0 Å². The predicted octanol–water partition coefficient (Wildman–Crippen LogP) is 8.41. The van der Waals surface area contributed by atoms with E-state index in [1.54, 1.807) is 16.7 Å². The summed E-state index contributed by atoms with van der Waals surface area (Å²) in [5, 5.41) is 0. The second kappa shape index (κ2) is 12.4. The summed E-state index contributed by atoms with van der Waals surface area (Å²) in [6.45, 7) is 7.68. The van der Waals surface area contributed by atoms with Crippen LogP contribution in [0.3, 0.4) is 0 Å². The Balaban J connectivity index is 1.50. The minimum atomic E-state index is 0.749. The van der Waals surface area contributed by atoms with Crippen LogP contribution < -0.4 is 4.74 Å². The number of hydrogen-bond donors (Lipinski definition) is 0. The van der Waals surface area contributed by atoms with Crippen molar-refractivity contribution >= 4 is 0 Å². The quantitative estimate of drug-likeness (QED) is 0.321. The second-order valence-electron chi connectivity index (χ2n) is 11.0. The summed E-state index contributed by atoms with van der Waals surface area (Å²) in [7, 11) is 0. The third-order valence-electron chi connectivity index (χ3n) is 8.77. The van der Waals surface area contributed by atoms with Crippen LogP contribution in [-0.2, 0) is 13.0 Å². The molecule has 2 fully saturated rings. The van der Waals surface area contributed by atoms with E-state index in [0.717, 1.165) is 30.2 Å². The van der Waals surface area contributed by atoms with Crippen LogP contribution in [0.25, 0.3) is 0 Å². The molecule has 1 aliphatic heterocycles. The Morgan fingerprint density at radius 1 is 0.938 bits per heavy atom. The number of nitrogens with zero attached hydrogens (tertiary/aromatic N) is 1. The Morgan fingerprint density at radius 3 is 2.41 bits per heavy atom. The maximum atomic E-state index is 6.04. The molecule has 2 nitrogen and oxygen atoms in total. The van der Waals surface area contributed by atoms with Gasteiger partial charge in [0.1, 0.15) is 5.75 Å². The van der Waals surface area contributed by atoms with E-state index in [4.69, 9.17) is 4.74 Å². The van der Waals surface area contributed by atoms with Crippen molar-refractivity contribution in [2.45, 2.75) is 135 Å². The van der Waals surface area contributed by atoms with E-state index < -0.39 is 0 Å². The monoisotopic (exact) mass is 439 g/mol. The van der Waals surface area contributed by atoms with Crippen LogP contribution in [0.5, 0.6) is 5.75 Å². The van der Waals surface area contributed by atoms with Crippen molar-refractivity contribution in [2.75, 3.05) is 13.2 Å². The van der Waals surface area contributed by atoms with Crippen LogP contribution in [0, 0.1) is 5.92 Å². The smallest absolute Gasteiger partial charge is 0.119 e. The van der Waals surface area contributed by atoms with Crippen molar-refractivity contribution in [2.24, 2.45) is 5.92 Å². The molecular weight excluding hydrogens is 390 g/mol. The fraction of sp³-hybridized carbons (Fsp3) is 0.800. The molecule has 0 N–H and O–H groups in total. The summed E-state index contributed by atoms with van der Waals surface area (Å²) in [4.78, 5) is 2.89. The van der Waals surface area contributed by atoms with Crippen LogP contribution in [0.15, 0.2) is 12.1 Å². The van der Waals surface area contributed by atoms with E-state index in [0.29, 0.717) is 0 Å². The topological polar surface area (TPSA) is 12.5 Å². The van der Waals surface area contributed by atoms with Gasteiger partial charge in [0.2, 0.25) is 0 Å². The molecule has 180 valence electrons. The molecule has 0 aromatic heterocycles. The van der Waals surface area contributed by atoms with E-state index in [9.17, 15) is 0 Å². The zero-order chi connectivity index (χ0) is 22.2. The number of unbranched alkanes of at least 4 members (excludes halogenated alkanes) is 1. The first-order chi connectivity index (χ1) is 15.8. The average Bonchev–Trinajstić information content (AvgIpc) is 3.06. The molecule has 0 bridgehead atoms. The molecule has 1 aromatic carbocycles. The average molecular weight is 440 g/mol. The number of ether oxygens (including phenoxy) is 1. The maximum Gasteiger partial charge on any atom is 0.119 e. The van der Waals surface area contributed by atoms with E-state index in [2.05, 4.69) is 30.9 Å². The van der Waals surface area contributed by atoms with Gasteiger partial charge in [0, 0.05) is 19.1 Å². The molecule has 4 rings (SSSR count). The highest BCUT2D eigenvalue weighted by atomic mass is 16.5. The lowest BCUT2D eigenvalue weighted by molar-refractivity contribution is 0.149. The lowest BCUT2D eigenvalue weighted by Crippen LogP contribution is -2.40. The van der Waals surface area contributed by atoms with Gasteiger partial charge in [-0.2, -0.15) is 0 Å². The SMILES string of the molecule is CCCCC(CCCC1CCC1)N1CCc2cc(OCC)cc(C3CCCCCC3)c2C1. The fourth-order valence-corrected chi connectivity index (χ4v) is 6.58. The lowest BCUT2D eigenvalue weighted by atomic mass is 9.81. The van der Waals surface area contributed by atoms with Gasteiger partial charge in [0.15, 0.2) is 0 Å². The largest absolute Gasteiger partial charge is 0.494 e. The minimum absolute atomic E-state index is 0.749. The molecule has 3 aliphatic rings. The third kappa shape index (κ3) is 6.31. The molecule has 1 aromatic rings. The molecule has 0 spiro atoms. The van der Waals surface area contributed by atoms with Gasteiger partial charge < -0.3 is 4.74 Å². The van der Waals surface area contributed by atoms with Gasteiger partial charge in [0.05, 0.1) is 6.61 Å². The first-order valence-corrected chi connectivity index (χ1v) is 14.3. The van der Waals surface area contributed by atoms with Crippen molar-refractivity contribution in [3.8, 4) is 5.75 Å². The van der Waals surface area contributed by atoms with Crippen LogP contribution in [-0.4, -0.2) is 24.1 Å². The van der Waals surface area contributed by atoms with Gasteiger partial charge in [-0.3, -0.25) is 4.90 Å². The summed E-state index contributed by atoms with van der Waals surface area (Å²) >= 11 is 0. The first-order valence-electron chi connectivity index (χ1n) is 14.3. The molecule has 1 unspecified atom stereocenters. The highest BCUT2D eigenvalue weighted by molar-refractivity contribution is 5.45. The Kier molecular flexibility index (Phi) is 9.38. The molecule has 0 saturated heterocycles. The van der Waals surface area contributed by atoms with Crippen molar-refractivity contribution in [1.29, 1.82) is 0 Å². The van der Waals surface area contributed by atoms with Crippen LogP contribution in [0.1, 0.15) is 133 Å². The number of benzene rings is 1. The van der Waals surface area contributed by atoms with Gasteiger partial charge in [0.25, 0.3) is 0 Å². The standard InChI is InChI=1S/C30H49NO/c1-3-5-17-27(18-11-14-24-12-10-13-24)31-20-19-26-21-28(32-4-2)22-29(30(26)23-31)25-15-8-6-7-9-16-25/h21-22,24-25,27H,3-20,23H2,1-2H3. The van der Waals surface area contributed by atoms with E-state index >= 15 is 0 Å². The number of fused-ring (bicyclic) bond motifs is 1. The summed E-state index contributed by atoms with van der Waals surface area (Å²) in [6, 6.07) is 5.62. The second-order valence-corrected chi connectivity index (χ2v) is 11.0. The Bertz CT molecular complexity index is 686. The molecule has 2 heteroatoms. The molecular formula is C30H49NO. The minimum Gasteiger partial charge on any atom is -0.494 e. The fourth-order valence-electron chi connectivity index (χ4n) is 6.58. The molecule has 0 amide bonds. The van der Waals surface area contributed by atoms with E-state index in [1.165, 1.54) is 116 Å². The zero-order valence-electron chi connectivity index (χ0n) is 21.2. The Morgan fingerprint density at radius 2 is 1.72 bits per heavy atom. The van der Waals surface area contributed by atoms with Gasteiger partial charge in [-0.1, -0.05) is 77.6 Å². The highest BCUT2D eigenvalue weighted by Crippen LogP contribution is 2.40. The predicted molar refractivity (Wildman–Crippen MR) is 137 cm³/mol. The van der Waals surface area contributed by atoms with Crippen LogP contribution in [0.4, 0.5) is 0 Å². The van der Waals surface area contributed by atoms with E-state index in [1.807, 2.05) is 0 Å². The van der Waals surface area contributed by atoms with E-state index in [-0.39, 0.29) is 0 Å². The third-order valence-corrected chi connectivity index (χ3v) is 8.77. The molecule has 1 atom stereocenters. The molecule has 1 heterocycles. The summed E-state index contributed by atoms with van der Waals surface area (Å²) in [5.74, 6) is 2.93. The number of rotatable bonds is 11. The summed E-state index contributed by atoms with van der Waals surface area (Å²) < 4.78 is 6.04. The van der Waals surface area contributed by atoms with Gasteiger partial charge in [-0.05, 0) is 79.7 Å². The van der Waals surface area contributed by atoms with Gasteiger partial charge in [-0.25, -0.2) is 0 Å². The lowest BCUT2D eigenvalue weighted by Gasteiger charge is -2.38.